The number of amides is 1. The van der Waals surface area contributed by atoms with Crippen molar-refractivity contribution < 1.29 is 9.53 Å². The quantitative estimate of drug-likeness (QED) is 0.253. The second kappa shape index (κ2) is 12.2. The minimum Gasteiger partial charge on any atom is -0.490 e. The Kier molecular flexibility index (Phi) is 8.09. The van der Waals surface area contributed by atoms with Crippen molar-refractivity contribution in [3.8, 4) is 17.0 Å². The number of aromatic amines is 1. The molecule has 1 saturated carbocycles. The van der Waals surface area contributed by atoms with Crippen molar-refractivity contribution in [2.75, 3.05) is 19.6 Å². The molecule has 1 amide bonds. The molecule has 1 aliphatic heterocycles. The molecule has 40 heavy (non-hydrogen) atoms. The number of fused-ring (bicyclic) bond motifs is 1. The zero-order valence-electron chi connectivity index (χ0n) is 23.3. The van der Waals surface area contributed by atoms with Gasteiger partial charge in [-0.1, -0.05) is 25.8 Å². The number of nitrogens with one attached hydrogen (secondary N) is 2. The lowest BCUT2D eigenvalue weighted by molar-refractivity contribution is 0.0920. The summed E-state index contributed by atoms with van der Waals surface area (Å²) in [5.41, 5.74) is 4.29. The van der Waals surface area contributed by atoms with Crippen molar-refractivity contribution in [2.24, 2.45) is 5.92 Å². The van der Waals surface area contributed by atoms with Crippen LogP contribution >= 0.6 is 0 Å². The van der Waals surface area contributed by atoms with E-state index in [0.29, 0.717) is 11.5 Å². The molecule has 2 aliphatic rings. The van der Waals surface area contributed by atoms with Crippen molar-refractivity contribution in [1.82, 2.24) is 25.4 Å². The van der Waals surface area contributed by atoms with Crippen LogP contribution < -0.4 is 10.1 Å². The maximum Gasteiger partial charge on any atom is 0.251 e. The van der Waals surface area contributed by atoms with Crippen LogP contribution in [0.1, 0.15) is 74.0 Å². The first-order valence-electron chi connectivity index (χ1n) is 14.9. The van der Waals surface area contributed by atoms with Crippen LogP contribution in [0.15, 0.2) is 66.9 Å². The molecule has 0 spiro atoms. The Morgan fingerprint density at radius 1 is 1.05 bits per heavy atom. The smallest absolute Gasteiger partial charge is 0.251 e. The van der Waals surface area contributed by atoms with Gasteiger partial charge in [0.25, 0.3) is 5.91 Å². The van der Waals surface area contributed by atoms with E-state index in [4.69, 9.17) is 4.74 Å². The minimum atomic E-state index is -0.0813. The van der Waals surface area contributed by atoms with E-state index in [1.807, 2.05) is 48.5 Å². The van der Waals surface area contributed by atoms with Crippen LogP contribution in [0.5, 0.6) is 5.75 Å². The van der Waals surface area contributed by atoms with Gasteiger partial charge >= 0.3 is 0 Å². The number of nitrogens with zero attached hydrogens (tertiary/aromatic N) is 3. The van der Waals surface area contributed by atoms with Crippen LogP contribution in [-0.4, -0.2) is 51.7 Å². The molecule has 2 aromatic carbocycles. The average Bonchev–Trinajstić information content (AvgIpc) is 3.68. The normalized spacial score (nSPS) is 17.7. The molecule has 7 nitrogen and oxygen atoms in total. The van der Waals surface area contributed by atoms with Crippen LogP contribution in [0.2, 0.25) is 0 Å². The van der Waals surface area contributed by atoms with Gasteiger partial charge in [0, 0.05) is 35.8 Å². The fraction of sp³-hybridized carbons (Fsp3) is 0.424. The first-order chi connectivity index (χ1) is 19.7. The molecular formula is C33H39N5O2. The number of likely N-dealkylation sites (tertiary alicyclic amines) is 1. The Balaban J connectivity index is 1.17. The summed E-state index contributed by atoms with van der Waals surface area (Å²) in [6, 6.07) is 19.8. The highest BCUT2D eigenvalue weighted by Crippen LogP contribution is 2.35. The Labute approximate surface area is 236 Å². The van der Waals surface area contributed by atoms with Gasteiger partial charge < -0.3 is 15.0 Å². The van der Waals surface area contributed by atoms with Crippen LogP contribution in [0, 0.1) is 5.92 Å². The predicted octanol–water partition coefficient (Wildman–Crippen LogP) is 6.54. The molecule has 2 N–H and O–H groups in total. The molecule has 0 unspecified atom stereocenters. The van der Waals surface area contributed by atoms with Crippen molar-refractivity contribution >= 4 is 16.8 Å². The molecule has 1 atom stereocenters. The molecule has 1 aliphatic carbocycles. The molecule has 208 valence electrons. The van der Waals surface area contributed by atoms with Gasteiger partial charge in [0.2, 0.25) is 0 Å². The number of carbonyl (C=O) groups is 1. The summed E-state index contributed by atoms with van der Waals surface area (Å²) in [6.45, 7) is 5.62. The minimum absolute atomic E-state index is 0.0784. The Morgan fingerprint density at radius 2 is 1.85 bits per heavy atom. The molecule has 4 aromatic rings. The van der Waals surface area contributed by atoms with Gasteiger partial charge in [-0.05, 0) is 99.2 Å². The van der Waals surface area contributed by atoms with Crippen molar-refractivity contribution in [1.29, 1.82) is 0 Å². The van der Waals surface area contributed by atoms with Gasteiger partial charge in [-0.2, -0.15) is 5.10 Å². The number of pyridine rings is 1. The van der Waals surface area contributed by atoms with Gasteiger partial charge in [0.15, 0.2) is 0 Å². The molecule has 1 saturated heterocycles. The van der Waals surface area contributed by atoms with Crippen LogP contribution in [-0.2, 0) is 0 Å². The molecule has 2 aromatic heterocycles. The van der Waals surface area contributed by atoms with Crippen LogP contribution in [0.4, 0.5) is 0 Å². The van der Waals surface area contributed by atoms with Gasteiger partial charge in [0.1, 0.15) is 11.9 Å². The standard InChI is InChI=1S/C33H39N5O2/c1-2-19-38-20-16-27(17-21-38)40-26-13-10-24(11-14-26)31-28-22-25(12-15-29(28)36-37-31)33(39)35-32(23-7-3-4-8-23)30-9-5-6-18-34-30/h5-6,9-15,18,22-23,27,32H,2-4,7-8,16-17,19-21H2,1H3,(H,35,39)(H,36,37)/t32-/m0/s1. The second-order valence-electron chi connectivity index (χ2n) is 11.3. The van der Waals surface area contributed by atoms with Crippen LogP contribution in [0.3, 0.4) is 0 Å². The zero-order valence-corrected chi connectivity index (χ0v) is 23.3. The lowest BCUT2D eigenvalue weighted by Gasteiger charge is -2.31. The highest BCUT2D eigenvalue weighted by atomic mass is 16.5. The summed E-state index contributed by atoms with van der Waals surface area (Å²) in [6.07, 6.45) is 10.1. The maximum atomic E-state index is 13.5. The summed E-state index contributed by atoms with van der Waals surface area (Å²) in [5.74, 6) is 1.23. The zero-order chi connectivity index (χ0) is 27.3. The maximum absolute atomic E-state index is 13.5. The van der Waals surface area contributed by atoms with Crippen molar-refractivity contribution in [2.45, 2.75) is 64.0 Å². The first-order valence-corrected chi connectivity index (χ1v) is 14.9. The van der Waals surface area contributed by atoms with Crippen molar-refractivity contribution in [3.63, 3.8) is 0 Å². The number of piperidine rings is 1. The SMILES string of the molecule is CCCN1CCC(Oc2ccc(-c3n[nH]c4ccc(C(=O)N[C@H](c5ccccn5)C5CCCC5)cc34)cc2)CC1. The van der Waals surface area contributed by atoms with E-state index in [1.54, 1.807) is 6.20 Å². The molecule has 3 heterocycles. The van der Waals surface area contributed by atoms with Crippen LogP contribution in [0.25, 0.3) is 22.2 Å². The Bertz CT molecular complexity index is 1400. The largest absolute Gasteiger partial charge is 0.490 e. The van der Waals surface area contributed by atoms with Crippen molar-refractivity contribution in [3.05, 3.63) is 78.1 Å². The van der Waals surface area contributed by atoms with E-state index in [0.717, 1.165) is 72.4 Å². The lowest BCUT2D eigenvalue weighted by atomic mass is 9.94. The van der Waals surface area contributed by atoms with E-state index in [2.05, 4.69) is 44.5 Å². The van der Waals surface area contributed by atoms with E-state index < -0.39 is 0 Å². The van der Waals surface area contributed by atoms with Gasteiger partial charge in [0.05, 0.1) is 22.9 Å². The van der Waals surface area contributed by atoms with E-state index >= 15 is 0 Å². The number of hydrogen-bond acceptors (Lipinski definition) is 5. The van der Waals surface area contributed by atoms with E-state index in [1.165, 1.54) is 25.8 Å². The summed E-state index contributed by atoms with van der Waals surface area (Å²) in [7, 11) is 0. The molecular weight excluding hydrogens is 498 g/mol. The molecule has 2 fully saturated rings. The number of H-pyrrole nitrogens is 1. The Morgan fingerprint density at radius 3 is 2.58 bits per heavy atom. The van der Waals surface area contributed by atoms with Gasteiger partial charge in [-0.3, -0.25) is 14.9 Å². The fourth-order valence-electron chi connectivity index (χ4n) is 6.33. The molecule has 7 heteroatoms. The summed E-state index contributed by atoms with van der Waals surface area (Å²) in [4.78, 5) is 20.6. The Hall–Kier alpha value is -3.71. The third-order valence-corrected chi connectivity index (χ3v) is 8.49. The van der Waals surface area contributed by atoms with E-state index in [-0.39, 0.29) is 18.1 Å². The lowest BCUT2D eigenvalue weighted by Crippen LogP contribution is -2.38. The predicted molar refractivity (Wildman–Crippen MR) is 158 cm³/mol. The molecule has 0 radical (unpaired) electrons. The average molecular weight is 538 g/mol. The topological polar surface area (TPSA) is 83.1 Å². The third kappa shape index (κ3) is 5.89. The monoisotopic (exact) mass is 537 g/mol. The number of carbonyl (C=O) groups excluding carboxylic acids is 1. The first kappa shape index (κ1) is 26.5. The summed E-state index contributed by atoms with van der Waals surface area (Å²) < 4.78 is 6.29. The fourth-order valence-corrected chi connectivity index (χ4v) is 6.33. The highest BCUT2D eigenvalue weighted by Gasteiger charge is 2.29. The number of benzene rings is 2. The summed E-state index contributed by atoms with van der Waals surface area (Å²) in [5, 5.41) is 12.0. The highest BCUT2D eigenvalue weighted by molar-refractivity contribution is 6.01. The van der Waals surface area contributed by atoms with E-state index in [9.17, 15) is 4.79 Å². The molecule has 6 rings (SSSR count). The number of aromatic nitrogens is 3. The number of rotatable bonds is 9. The second-order valence-corrected chi connectivity index (χ2v) is 11.3. The third-order valence-electron chi connectivity index (χ3n) is 8.49. The van der Waals surface area contributed by atoms with Gasteiger partial charge in [-0.25, -0.2) is 0 Å². The van der Waals surface area contributed by atoms with Gasteiger partial charge in [-0.15, -0.1) is 0 Å². The number of ether oxygens (including phenoxy) is 1. The number of hydrogen-bond donors (Lipinski definition) is 2. The summed E-state index contributed by atoms with van der Waals surface area (Å²) >= 11 is 0. The molecule has 0 bridgehead atoms.